The highest BCUT2D eigenvalue weighted by molar-refractivity contribution is 7.16. The van der Waals surface area contributed by atoms with Crippen molar-refractivity contribution in [1.82, 2.24) is 0 Å². The molecule has 5 aromatic rings. The third-order valence-electron chi connectivity index (χ3n) is 10.6. The number of hydrogen-bond acceptors (Lipinski definition) is 4. The van der Waals surface area contributed by atoms with Gasteiger partial charge >= 0.3 is 5.97 Å². The molecule has 1 N–H and O–H groups in total. The van der Waals surface area contributed by atoms with Gasteiger partial charge in [0, 0.05) is 37.6 Å². The fourth-order valence-corrected chi connectivity index (χ4v) is 9.04. The van der Waals surface area contributed by atoms with Crippen LogP contribution in [0, 0.1) is 11.3 Å². The molecule has 0 saturated carbocycles. The number of rotatable bonds is 6. The second kappa shape index (κ2) is 11.3. The Balaban J connectivity index is 1.25. The molecule has 5 heteroatoms. The Hall–Kier alpha value is -5.44. The van der Waals surface area contributed by atoms with E-state index in [0.29, 0.717) is 0 Å². The SMILES string of the molecule is CC1(C)C2=C(CCC=C2)c2cc(N(c3ccc(-c4ccc(/C=C(\C#N)C(=O)O)s4)cc3)c3ccc4c(c3)-c3ccccc3C4(C)C)ccc21. The molecule has 0 saturated heterocycles. The van der Waals surface area contributed by atoms with Gasteiger partial charge in [0.1, 0.15) is 11.6 Å². The monoisotopic (exact) mass is 656 g/mol. The van der Waals surface area contributed by atoms with Crippen molar-refractivity contribution in [3.8, 4) is 27.6 Å². The predicted molar refractivity (Wildman–Crippen MR) is 202 cm³/mol. The summed E-state index contributed by atoms with van der Waals surface area (Å²) in [6.45, 7) is 9.31. The van der Waals surface area contributed by atoms with E-state index in [9.17, 15) is 15.2 Å². The van der Waals surface area contributed by atoms with Crippen LogP contribution in [-0.4, -0.2) is 11.1 Å². The summed E-state index contributed by atoms with van der Waals surface area (Å²) in [6.07, 6.45) is 8.21. The van der Waals surface area contributed by atoms with E-state index >= 15 is 0 Å². The average Bonchev–Trinajstić information content (AvgIpc) is 3.74. The lowest BCUT2D eigenvalue weighted by molar-refractivity contribution is -0.132. The number of carboxylic acids is 1. The summed E-state index contributed by atoms with van der Waals surface area (Å²) in [5.74, 6) is -1.22. The molecular formula is C44H36N2O2S. The Morgan fingerprint density at radius 1 is 0.796 bits per heavy atom. The van der Waals surface area contributed by atoms with E-state index in [0.717, 1.165) is 45.2 Å². The molecule has 4 nitrogen and oxygen atoms in total. The van der Waals surface area contributed by atoms with Crippen LogP contribution in [0.3, 0.4) is 0 Å². The highest BCUT2D eigenvalue weighted by atomic mass is 32.1. The number of nitrogens with zero attached hydrogens (tertiary/aromatic N) is 2. The maximum Gasteiger partial charge on any atom is 0.346 e. The Morgan fingerprint density at radius 2 is 1.45 bits per heavy atom. The van der Waals surface area contributed by atoms with E-state index in [-0.39, 0.29) is 16.4 Å². The van der Waals surface area contributed by atoms with Gasteiger partial charge in [0.05, 0.1) is 0 Å². The first-order valence-electron chi connectivity index (χ1n) is 16.7. The van der Waals surface area contributed by atoms with Crippen molar-refractivity contribution in [3.63, 3.8) is 0 Å². The lowest BCUT2D eigenvalue weighted by Crippen LogP contribution is -2.17. The topological polar surface area (TPSA) is 64.3 Å². The van der Waals surface area contributed by atoms with Crippen LogP contribution in [0.2, 0.25) is 0 Å². The molecule has 0 bridgehead atoms. The summed E-state index contributed by atoms with van der Waals surface area (Å²) in [4.78, 5) is 15.5. The lowest BCUT2D eigenvalue weighted by Gasteiger charge is -2.28. The Morgan fingerprint density at radius 3 is 2.16 bits per heavy atom. The molecule has 0 radical (unpaired) electrons. The van der Waals surface area contributed by atoms with Crippen molar-refractivity contribution in [2.45, 2.75) is 51.4 Å². The zero-order chi connectivity index (χ0) is 34.1. The summed E-state index contributed by atoms with van der Waals surface area (Å²) in [7, 11) is 0. The number of aliphatic carboxylic acids is 1. The minimum atomic E-state index is -1.22. The Bertz CT molecular complexity index is 2330. The van der Waals surface area contributed by atoms with Crippen molar-refractivity contribution in [2.75, 3.05) is 4.90 Å². The number of allylic oxidation sites excluding steroid dienone is 4. The van der Waals surface area contributed by atoms with Crippen LogP contribution in [0.5, 0.6) is 0 Å². The molecular weight excluding hydrogens is 621 g/mol. The minimum absolute atomic E-state index is 0.0251. The van der Waals surface area contributed by atoms with E-state index < -0.39 is 5.97 Å². The molecule has 0 unspecified atom stereocenters. The molecule has 240 valence electrons. The van der Waals surface area contributed by atoms with Crippen LogP contribution >= 0.6 is 11.3 Å². The second-order valence-corrected chi connectivity index (χ2v) is 15.3. The van der Waals surface area contributed by atoms with Gasteiger partial charge in [-0.25, -0.2) is 4.79 Å². The van der Waals surface area contributed by atoms with Gasteiger partial charge in [-0.3, -0.25) is 0 Å². The largest absolute Gasteiger partial charge is 0.477 e. The van der Waals surface area contributed by atoms with Crippen molar-refractivity contribution < 1.29 is 9.90 Å². The van der Waals surface area contributed by atoms with Gasteiger partial charge in [-0.15, -0.1) is 11.3 Å². The number of fused-ring (bicyclic) bond motifs is 5. The van der Waals surface area contributed by atoms with E-state index in [2.05, 4.69) is 130 Å². The molecule has 0 spiro atoms. The number of carboxylic acid groups (broad SMARTS) is 1. The summed E-state index contributed by atoms with van der Waals surface area (Å²) in [6, 6.07) is 36.9. The number of benzene rings is 4. The van der Waals surface area contributed by atoms with Gasteiger partial charge in [-0.1, -0.05) is 88.4 Å². The molecule has 0 fully saturated rings. The smallest absolute Gasteiger partial charge is 0.346 e. The molecule has 3 aliphatic rings. The molecule has 0 amide bonds. The minimum Gasteiger partial charge on any atom is -0.477 e. The number of hydrogen-bond donors (Lipinski definition) is 1. The Labute approximate surface area is 291 Å². The Kier molecular flexibility index (Phi) is 7.14. The van der Waals surface area contributed by atoms with Crippen LogP contribution in [0.1, 0.15) is 67.7 Å². The predicted octanol–water partition coefficient (Wildman–Crippen LogP) is 11.6. The van der Waals surface area contributed by atoms with Crippen LogP contribution in [0.4, 0.5) is 17.1 Å². The van der Waals surface area contributed by atoms with Gasteiger partial charge < -0.3 is 10.0 Å². The van der Waals surface area contributed by atoms with Crippen molar-refractivity contribution in [3.05, 3.63) is 147 Å². The molecule has 4 aromatic carbocycles. The van der Waals surface area contributed by atoms with Crippen LogP contribution in [0.25, 0.3) is 33.2 Å². The zero-order valence-electron chi connectivity index (χ0n) is 28.0. The van der Waals surface area contributed by atoms with Gasteiger partial charge in [0.15, 0.2) is 0 Å². The van der Waals surface area contributed by atoms with Gasteiger partial charge in [-0.05, 0) is 118 Å². The van der Waals surface area contributed by atoms with Crippen LogP contribution in [0.15, 0.2) is 120 Å². The van der Waals surface area contributed by atoms with E-state index in [4.69, 9.17) is 0 Å². The highest BCUT2D eigenvalue weighted by Gasteiger charge is 2.38. The van der Waals surface area contributed by atoms with Crippen LogP contribution in [-0.2, 0) is 15.6 Å². The maximum atomic E-state index is 11.4. The fourth-order valence-electron chi connectivity index (χ4n) is 8.08. The summed E-state index contributed by atoms with van der Waals surface area (Å²) >= 11 is 1.47. The van der Waals surface area contributed by atoms with Gasteiger partial charge in [-0.2, -0.15) is 5.26 Å². The lowest BCUT2D eigenvalue weighted by atomic mass is 9.80. The molecule has 49 heavy (non-hydrogen) atoms. The van der Waals surface area contributed by atoms with Crippen molar-refractivity contribution in [2.24, 2.45) is 0 Å². The first kappa shape index (κ1) is 30.9. The molecule has 8 rings (SSSR count). The van der Waals surface area contributed by atoms with Crippen molar-refractivity contribution >= 4 is 46.0 Å². The van der Waals surface area contributed by atoms with Crippen molar-refractivity contribution in [1.29, 1.82) is 5.26 Å². The molecule has 0 atom stereocenters. The first-order valence-corrected chi connectivity index (χ1v) is 17.5. The second-order valence-electron chi connectivity index (χ2n) is 14.1. The molecule has 1 aromatic heterocycles. The molecule has 0 aliphatic heterocycles. The standard InChI is InChI=1S/C44H36N2O2S/c1-43(2)37-11-7-5-9-33(37)35-24-30(17-20-39(35)43)46(31-18-21-40-36(25-31)34-10-6-8-12-38(34)44(40,3)4)29-15-13-27(14-16-29)41-22-19-32(49-41)23-28(26-45)42(47)48/h5,7-9,11-25H,6,10H2,1-4H3,(H,47,48)/b28-23+. The van der Waals surface area contributed by atoms with E-state index in [1.807, 2.05) is 12.1 Å². The van der Waals surface area contributed by atoms with E-state index in [1.165, 1.54) is 61.9 Å². The maximum absolute atomic E-state index is 11.4. The third-order valence-corrected chi connectivity index (χ3v) is 11.7. The van der Waals surface area contributed by atoms with Gasteiger partial charge in [0.25, 0.3) is 0 Å². The quantitative estimate of drug-likeness (QED) is 0.146. The van der Waals surface area contributed by atoms with Crippen LogP contribution < -0.4 is 4.90 Å². The third kappa shape index (κ3) is 4.90. The normalized spacial score (nSPS) is 16.4. The molecule has 3 aliphatic carbocycles. The number of anilines is 3. The molecule has 1 heterocycles. The number of carbonyl (C=O) groups is 1. The zero-order valence-corrected chi connectivity index (χ0v) is 28.9. The number of thiophene rings is 1. The highest BCUT2D eigenvalue weighted by Crippen LogP contribution is 2.53. The fraction of sp³-hybridized carbons (Fsp3) is 0.182. The van der Waals surface area contributed by atoms with E-state index in [1.54, 1.807) is 6.07 Å². The average molecular weight is 657 g/mol. The summed E-state index contributed by atoms with van der Waals surface area (Å²) < 4.78 is 0. The summed E-state index contributed by atoms with van der Waals surface area (Å²) in [5, 5.41) is 18.5. The van der Waals surface area contributed by atoms with Gasteiger partial charge in [0.2, 0.25) is 0 Å². The first-order chi connectivity index (χ1) is 23.6. The summed E-state index contributed by atoms with van der Waals surface area (Å²) in [5.41, 5.74) is 14.9. The number of nitriles is 1.